The Balaban J connectivity index is 2.06. The summed E-state index contributed by atoms with van der Waals surface area (Å²) in [6.07, 6.45) is -1.14. The summed E-state index contributed by atoms with van der Waals surface area (Å²) >= 11 is 5.00. The third-order valence-electron chi connectivity index (χ3n) is 2.73. The predicted molar refractivity (Wildman–Crippen MR) is 88.4 cm³/mol. The molecule has 0 atom stereocenters. The number of halogens is 1. The highest BCUT2D eigenvalue weighted by atomic mass is 79.9. The number of hydrogen-bond donors (Lipinski definition) is 4. The Kier molecular flexibility index (Phi) is 4.92. The Hall–Kier alpha value is -1.93. The summed E-state index contributed by atoms with van der Waals surface area (Å²) in [6, 6.07) is 5.06. The maximum atomic E-state index is 10.6. The van der Waals surface area contributed by atoms with Gasteiger partial charge in [-0.05, 0) is 34.1 Å². The zero-order valence-corrected chi connectivity index (χ0v) is 13.5. The van der Waals surface area contributed by atoms with Gasteiger partial charge in [-0.15, -0.1) is 11.3 Å². The molecule has 0 fully saturated rings. The molecule has 0 saturated heterocycles. The number of rotatable bonds is 5. The highest BCUT2D eigenvalue weighted by molar-refractivity contribution is 9.10. The Bertz CT molecular complexity index is 660. The van der Waals surface area contributed by atoms with Gasteiger partial charge < -0.3 is 20.9 Å². The number of amides is 1. The molecule has 2 rings (SSSR count). The van der Waals surface area contributed by atoms with Crippen LogP contribution in [0.2, 0.25) is 0 Å². The molecular weight excluding hydrogens is 358 g/mol. The van der Waals surface area contributed by atoms with Crippen molar-refractivity contribution in [3.63, 3.8) is 0 Å². The first-order chi connectivity index (χ1) is 10.0. The highest BCUT2D eigenvalue weighted by Crippen LogP contribution is 2.35. The molecule has 2 aromatic rings. The summed E-state index contributed by atoms with van der Waals surface area (Å²) < 4.78 is 6.24. The second-order valence-electron chi connectivity index (χ2n) is 4.13. The van der Waals surface area contributed by atoms with Crippen LogP contribution >= 0.6 is 27.3 Å². The molecule has 8 heteroatoms. The molecule has 0 aliphatic heterocycles. The second kappa shape index (κ2) is 6.68. The fourth-order valence-electron chi connectivity index (χ4n) is 1.78. The Morgan fingerprint density at radius 1 is 1.52 bits per heavy atom. The van der Waals surface area contributed by atoms with E-state index in [1.165, 1.54) is 0 Å². The van der Waals surface area contributed by atoms with Crippen LogP contribution < -0.4 is 21.1 Å². The van der Waals surface area contributed by atoms with Gasteiger partial charge in [0, 0.05) is 11.1 Å². The van der Waals surface area contributed by atoms with Gasteiger partial charge in [-0.2, -0.15) is 0 Å². The lowest BCUT2D eigenvalue weighted by Gasteiger charge is -2.10. The average molecular weight is 372 g/mol. The number of nitrogens with one attached hydrogen (secondary N) is 2. The molecule has 6 nitrogen and oxygen atoms in total. The zero-order chi connectivity index (χ0) is 15.4. The summed E-state index contributed by atoms with van der Waals surface area (Å²) in [5.74, 6) is 0.810. The van der Waals surface area contributed by atoms with Crippen LogP contribution in [0, 0.1) is 0 Å². The predicted octanol–water partition coefficient (Wildman–Crippen LogP) is 3.80. The minimum Gasteiger partial charge on any atom is -0.494 e. The highest BCUT2D eigenvalue weighted by Gasteiger charge is 2.10. The van der Waals surface area contributed by atoms with Gasteiger partial charge in [0.05, 0.1) is 34.4 Å². The molecule has 0 unspecified atom stereocenters. The molecule has 1 heterocycles. The number of ether oxygens (including phenoxy) is 1. The van der Waals surface area contributed by atoms with Crippen molar-refractivity contribution in [2.75, 3.05) is 23.5 Å². The van der Waals surface area contributed by atoms with Gasteiger partial charge in [-0.1, -0.05) is 0 Å². The van der Waals surface area contributed by atoms with E-state index in [9.17, 15) is 4.79 Å². The third kappa shape index (κ3) is 3.79. The van der Waals surface area contributed by atoms with Gasteiger partial charge in [0.2, 0.25) is 0 Å². The number of nitrogen functional groups attached to an aromatic ring is 1. The third-order valence-corrected chi connectivity index (χ3v) is 4.59. The van der Waals surface area contributed by atoms with Crippen LogP contribution in [0.15, 0.2) is 28.1 Å². The van der Waals surface area contributed by atoms with Crippen molar-refractivity contribution in [3.8, 4) is 5.75 Å². The molecular formula is C13H14BrN3O3S. The van der Waals surface area contributed by atoms with Crippen molar-refractivity contribution >= 4 is 50.4 Å². The second-order valence-corrected chi connectivity index (χ2v) is 5.94. The molecule has 0 spiro atoms. The summed E-state index contributed by atoms with van der Waals surface area (Å²) in [5.41, 5.74) is 7.33. The lowest BCUT2D eigenvalue weighted by Crippen LogP contribution is -2.09. The fraction of sp³-hybridized carbons (Fsp3) is 0.154. The van der Waals surface area contributed by atoms with Gasteiger partial charge in [0.15, 0.2) is 0 Å². The van der Waals surface area contributed by atoms with Crippen LogP contribution in [0.1, 0.15) is 4.88 Å². The van der Waals surface area contributed by atoms with Crippen LogP contribution in [0.4, 0.5) is 21.9 Å². The summed E-state index contributed by atoms with van der Waals surface area (Å²) in [4.78, 5) is 11.6. The molecule has 21 heavy (non-hydrogen) atoms. The molecule has 0 radical (unpaired) electrons. The van der Waals surface area contributed by atoms with E-state index in [0.717, 1.165) is 20.8 Å². The first-order valence-electron chi connectivity index (χ1n) is 5.94. The summed E-state index contributed by atoms with van der Waals surface area (Å²) in [7, 11) is 1.63. The number of nitrogens with two attached hydrogens (primary N) is 1. The minimum absolute atomic E-state index is 0.363. The maximum Gasteiger partial charge on any atom is 0.409 e. The molecule has 1 aromatic carbocycles. The lowest BCUT2D eigenvalue weighted by atomic mass is 10.2. The zero-order valence-electron chi connectivity index (χ0n) is 11.1. The number of methoxy groups -OCH3 is 1. The van der Waals surface area contributed by atoms with Crippen molar-refractivity contribution in [1.29, 1.82) is 0 Å². The van der Waals surface area contributed by atoms with Gasteiger partial charge in [0.25, 0.3) is 0 Å². The standard InChI is InChI=1S/C13H14BrN3O3S/c1-20-12-8(14)6-21-11(12)5-16-7-2-3-10(9(15)4-7)17-13(18)19/h2-4,6,16-17H,5,15H2,1H3,(H,18,19). The normalized spacial score (nSPS) is 10.2. The average Bonchev–Trinajstić information content (AvgIpc) is 2.79. The summed E-state index contributed by atoms with van der Waals surface area (Å²) in [6.45, 7) is 0.588. The van der Waals surface area contributed by atoms with E-state index < -0.39 is 6.09 Å². The molecule has 0 saturated carbocycles. The first-order valence-corrected chi connectivity index (χ1v) is 7.61. The van der Waals surface area contributed by atoms with Crippen molar-refractivity contribution in [3.05, 3.63) is 32.9 Å². The number of hydrogen-bond acceptors (Lipinski definition) is 5. The number of benzene rings is 1. The largest absolute Gasteiger partial charge is 0.494 e. The van der Waals surface area contributed by atoms with E-state index in [-0.39, 0.29) is 0 Å². The number of carbonyl (C=O) groups is 1. The van der Waals surface area contributed by atoms with Gasteiger partial charge in [0.1, 0.15) is 5.75 Å². The maximum absolute atomic E-state index is 10.6. The van der Waals surface area contributed by atoms with Crippen molar-refractivity contribution in [2.24, 2.45) is 0 Å². The van der Waals surface area contributed by atoms with Crippen LogP contribution in [0.3, 0.4) is 0 Å². The Morgan fingerprint density at radius 2 is 2.29 bits per heavy atom. The van der Waals surface area contributed by atoms with Crippen molar-refractivity contribution in [1.82, 2.24) is 0 Å². The summed E-state index contributed by atoms with van der Waals surface area (Å²) in [5, 5.41) is 16.1. The van der Waals surface area contributed by atoms with Crippen LogP contribution in [-0.2, 0) is 6.54 Å². The monoisotopic (exact) mass is 371 g/mol. The molecule has 112 valence electrons. The van der Waals surface area contributed by atoms with E-state index >= 15 is 0 Å². The van der Waals surface area contributed by atoms with Crippen LogP contribution in [0.5, 0.6) is 5.75 Å². The molecule has 0 aliphatic carbocycles. The molecule has 1 amide bonds. The first kappa shape index (κ1) is 15.5. The van der Waals surface area contributed by atoms with E-state index in [4.69, 9.17) is 15.6 Å². The fourth-order valence-corrected chi connectivity index (χ4v) is 3.40. The van der Waals surface area contributed by atoms with Gasteiger partial charge in [-0.25, -0.2) is 4.79 Å². The molecule has 5 N–H and O–H groups in total. The van der Waals surface area contributed by atoms with E-state index in [2.05, 4.69) is 26.6 Å². The van der Waals surface area contributed by atoms with Crippen LogP contribution in [0.25, 0.3) is 0 Å². The lowest BCUT2D eigenvalue weighted by molar-refractivity contribution is 0.210. The van der Waals surface area contributed by atoms with Crippen LogP contribution in [-0.4, -0.2) is 18.3 Å². The quantitative estimate of drug-likeness (QED) is 0.599. The van der Waals surface area contributed by atoms with E-state index in [1.54, 1.807) is 36.6 Å². The van der Waals surface area contributed by atoms with Crippen molar-refractivity contribution in [2.45, 2.75) is 6.54 Å². The Labute approximate surface area is 134 Å². The Morgan fingerprint density at radius 3 is 2.90 bits per heavy atom. The van der Waals surface area contributed by atoms with Gasteiger partial charge >= 0.3 is 6.09 Å². The minimum atomic E-state index is -1.14. The molecule has 1 aromatic heterocycles. The van der Waals surface area contributed by atoms with Gasteiger partial charge in [-0.3, -0.25) is 5.32 Å². The topological polar surface area (TPSA) is 96.6 Å². The van der Waals surface area contributed by atoms with Crippen molar-refractivity contribution < 1.29 is 14.6 Å². The SMILES string of the molecule is COc1c(Br)csc1CNc1ccc(NC(=O)O)c(N)c1. The van der Waals surface area contributed by atoms with E-state index in [0.29, 0.717) is 17.9 Å². The molecule has 0 aliphatic rings. The molecule has 0 bridgehead atoms. The number of anilines is 3. The number of carboxylic acid groups (broad SMARTS) is 1. The van der Waals surface area contributed by atoms with E-state index in [1.807, 2.05) is 5.38 Å². The smallest absolute Gasteiger partial charge is 0.409 e. The number of thiophene rings is 1.